The van der Waals surface area contributed by atoms with Crippen LogP contribution in [0.5, 0.6) is 0 Å². The highest BCUT2D eigenvalue weighted by Gasteiger charge is 2.30. The van der Waals surface area contributed by atoms with Gasteiger partial charge in [0.2, 0.25) is 0 Å². The first-order valence-electron chi connectivity index (χ1n) is 6.66. The van der Waals surface area contributed by atoms with Crippen molar-refractivity contribution in [1.29, 1.82) is 0 Å². The Hall–Kier alpha value is -1.40. The third kappa shape index (κ3) is 3.33. The number of nitrogens with two attached hydrogens (primary N) is 1. The van der Waals surface area contributed by atoms with Gasteiger partial charge in [-0.25, -0.2) is 9.97 Å². The molecule has 2 heterocycles. The predicted molar refractivity (Wildman–Crippen MR) is 74.0 cm³/mol. The fourth-order valence-electron chi connectivity index (χ4n) is 2.30. The zero-order chi connectivity index (χ0) is 13.9. The number of nitrogen functional groups attached to an aromatic ring is 1. The van der Waals surface area contributed by atoms with Crippen molar-refractivity contribution in [2.24, 2.45) is 0 Å². The lowest BCUT2D eigenvalue weighted by atomic mass is 9.94. The van der Waals surface area contributed by atoms with Crippen LogP contribution in [0.15, 0.2) is 6.33 Å². The Balaban J connectivity index is 2.09. The number of anilines is 2. The molecule has 0 spiro atoms. The second-order valence-electron chi connectivity index (χ2n) is 5.37. The maximum Gasteiger partial charge on any atom is 0.135 e. The van der Waals surface area contributed by atoms with Crippen LogP contribution in [0.1, 0.15) is 38.2 Å². The van der Waals surface area contributed by atoms with E-state index < -0.39 is 5.60 Å². The molecule has 1 aromatic rings. The topological polar surface area (TPSA) is 93.3 Å². The summed E-state index contributed by atoms with van der Waals surface area (Å²) in [6.07, 6.45) is 2.72. The minimum absolute atomic E-state index is 0.230. The second kappa shape index (κ2) is 5.71. The molecule has 0 atom stereocenters. The molecule has 0 bridgehead atoms. The summed E-state index contributed by atoms with van der Waals surface area (Å²) in [4.78, 5) is 8.25. The number of aliphatic hydroxyl groups is 1. The average Bonchev–Trinajstić information content (AvgIpc) is 2.37. The van der Waals surface area contributed by atoms with E-state index in [1.165, 1.54) is 6.33 Å². The van der Waals surface area contributed by atoms with E-state index in [2.05, 4.69) is 15.3 Å². The van der Waals surface area contributed by atoms with Crippen molar-refractivity contribution in [3.05, 3.63) is 11.9 Å². The predicted octanol–water partition coefficient (Wildman–Crippen LogP) is 1.14. The van der Waals surface area contributed by atoms with E-state index >= 15 is 0 Å². The molecule has 0 amide bonds. The molecule has 0 radical (unpaired) electrons. The Morgan fingerprint density at radius 1 is 1.42 bits per heavy atom. The zero-order valence-electron chi connectivity index (χ0n) is 11.5. The van der Waals surface area contributed by atoms with Crippen LogP contribution in [-0.4, -0.2) is 40.4 Å². The van der Waals surface area contributed by atoms with Gasteiger partial charge in [-0.2, -0.15) is 0 Å². The summed E-state index contributed by atoms with van der Waals surface area (Å²) in [5.41, 5.74) is 6.06. The Morgan fingerprint density at radius 2 is 2.11 bits per heavy atom. The van der Waals surface area contributed by atoms with Crippen molar-refractivity contribution >= 4 is 11.6 Å². The lowest BCUT2D eigenvalue weighted by molar-refractivity contribution is -0.0543. The normalized spacial score (nSPS) is 18.5. The van der Waals surface area contributed by atoms with Crippen LogP contribution < -0.4 is 11.1 Å². The van der Waals surface area contributed by atoms with Crippen LogP contribution in [0.4, 0.5) is 11.6 Å². The Kier molecular flexibility index (Phi) is 4.21. The molecule has 4 N–H and O–H groups in total. The van der Waals surface area contributed by atoms with Crippen molar-refractivity contribution in [2.75, 3.05) is 30.8 Å². The van der Waals surface area contributed by atoms with E-state index in [1.807, 2.05) is 13.8 Å². The van der Waals surface area contributed by atoms with Crippen molar-refractivity contribution in [1.82, 2.24) is 9.97 Å². The van der Waals surface area contributed by atoms with Crippen LogP contribution in [0, 0.1) is 0 Å². The molecule has 106 valence electrons. The number of hydrogen-bond donors (Lipinski definition) is 3. The molecule has 2 rings (SSSR count). The van der Waals surface area contributed by atoms with Crippen LogP contribution in [-0.2, 0) is 4.74 Å². The van der Waals surface area contributed by atoms with Gasteiger partial charge in [-0.05, 0) is 5.92 Å². The van der Waals surface area contributed by atoms with Crippen molar-refractivity contribution in [3.63, 3.8) is 0 Å². The Labute approximate surface area is 113 Å². The van der Waals surface area contributed by atoms with Gasteiger partial charge < -0.3 is 20.9 Å². The van der Waals surface area contributed by atoms with Gasteiger partial charge in [0.05, 0.1) is 5.60 Å². The summed E-state index contributed by atoms with van der Waals surface area (Å²) in [5, 5.41) is 13.6. The maximum atomic E-state index is 10.4. The summed E-state index contributed by atoms with van der Waals surface area (Å²) in [6, 6.07) is 0. The summed E-state index contributed by atoms with van der Waals surface area (Å²) in [7, 11) is 0. The van der Waals surface area contributed by atoms with Crippen LogP contribution in [0.25, 0.3) is 0 Å². The minimum atomic E-state index is -0.730. The highest BCUT2D eigenvalue weighted by Crippen LogP contribution is 2.27. The molecule has 6 nitrogen and oxygen atoms in total. The standard InChI is InChI=1S/C13H22N4O2/c1-9(2)10-11(14)16-8-17-12(10)15-7-13(18)3-5-19-6-4-13/h8-9,18H,3-7H2,1-2H3,(H3,14,15,16,17). The van der Waals surface area contributed by atoms with Crippen LogP contribution in [0.3, 0.4) is 0 Å². The number of ether oxygens (including phenoxy) is 1. The van der Waals surface area contributed by atoms with Crippen molar-refractivity contribution in [2.45, 2.75) is 38.2 Å². The van der Waals surface area contributed by atoms with Gasteiger partial charge in [-0.15, -0.1) is 0 Å². The summed E-state index contributed by atoms with van der Waals surface area (Å²) in [5.74, 6) is 1.43. The van der Waals surface area contributed by atoms with E-state index in [-0.39, 0.29) is 5.92 Å². The number of hydrogen-bond acceptors (Lipinski definition) is 6. The minimum Gasteiger partial charge on any atom is -0.388 e. The average molecular weight is 266 g/mol. The molecule has 19 heavy (non-hydrogen) atoms. The third-order valence-electron chi connectivity index (χ3n) is 3.50. The molecule has 1 saturated heterocycles. The third-order valence-corrected chi connectivity index (χ3v) is 3.50. The lowest BCUT2D eigenvalue weighted by Gasteiger charge is -2.32. The first kappa shape index (κ1) is 14.0. The van der Waals surface area contributed by atoms with Gasteiger partial charge in [0.1, 0.15) is 18.0 Å². The number of rotatable bonds is 4. The second-order valence-corrected chi connectivity index (χ2v) is 5.37. The first-order chi connectivity index (χ1) is 9.02. The molecule has 0 saturated carbocycles. The number of nitrogens with zero attached hydrogens (tertiary/aromatic N) is 2. The van der Waals surface area contributed by atoms with Crippen molar-refractivity contribution < 1.29 is 9.84 Å². The van der Waals surface area contributed by atoms with Gasteiger partial charge in [0, 0.05) is 38.2 Å². The van der Waals surface area contributed by atoms with E-state index in [0.717, 1.165) is 5.56 Å². The summed E-state index contributed by atoms with van der Waals surface area (Å²) in [6.45, 7) is 5.74. The SMILES string of the molecule is CC(C)c1c(N)ncnc1NCC1(O)CCOCC1. The summed E-state index contributed by atoms with van der Waals surface area (Å²) >= 11 is 0. The monoisotopic (exact) mass is 266 g/mol. The highest BCUT2D eigenvalue weighted by atomic mass is 16.5. The fraction of sp³-hybridized carbons (Fsp3) is 0.692. The van der Waals surface area contributed by atoms with Gasteiger partial charge in [-0.1, -0.05) is 13.8 Å². The van der Waals surface area contributed by atoms with E-state index in [4.69, 9.17) is 10.5 Å². The smallest absolute Gasteiger partial charge is 0.135 e. The van der Waals surface area contributed by atoms with Gasteiger partial charge in [0.25, 0.3) is 0 Å². The van der Waals surface area contributed by atoms with Gasteiger partial charge in [0.15, 0.2) is 0 Å². The van der Waals surface area contributed by atoms with Crippen LogP contribution >= 0.6 is 0 Å². The number of aromatic nitrogens is 2. The molecular weight excluding hydrogens is 244 g/mol. The molecule has 1 fully saturated rings. The Bertz CT molecular complexity index is 431. The molecule has 0 aliphatic carbocycles. The van der Waals surface area contributed by atoms with Crippen molar-refractivity contribution in [3.8, 4) is 0 Å². The van der Waals surface area contributed by atoms with Gasteiger partial charge in [-0.3, -0.25) is 0 Å². The lowest BCUT2D eigenvalue weighted by Crippen LogP contribution is -2.42. The quantitative estimate of drug-likeness (QED) is 0.756. The van der Waals surface area contributed by atoms with E-state index in [1.54, 1.807) is 0 Å². The molecule has 0 aromatic carbocycles. The molecule has 6 heteroatoms. The van der Waals surface area contributed by atoms with Crippen LogP contribution in [0.2, 0.25) is 0 Å². The molecular formula is C13H22N4O2. The number of nitrogens with one attached hydrogen (secondary N) is 1. The van der Waals surface area contributed by atoms with E-state index in [0.29, 0.717) is 44.2 Å². The highest BCUT2D eigenvalue weighted by molar-refractivity contribution is 5.56. The largest absolute Gasteiger partial charge is 0.388 e. The first-order valence-corrected chi connectivity index (χ1v) is 6.66. The maximum absolute atomic E-state index is 10.4. The van der Waals surface area contributed by atoms with Gasteiger partial charge >= 0.3 is 0 Å². The molecule has 1 aliphatic heterocycles. The zero-order valence-corrected chi connectivity index (χ0v) is 11.5. The molecule has 1 aromatic heterocycles. The Morgan fingerprint density at radius 3 is 2.74 bits per heavy atom. The summed E-state index contributed by atoms with van der Waals surface area (Å²) < 4.78 is 5.26. The molecule has 1 aliphatic rings. The fourth-order valence-corrected chi connectivity index (χ4v) is 2.30. The molecule has 0 unspecified atom stereocenters. The van der Waals surface area contributed by atoms with E-state index in [9.17, 15) is 5.11 Å².